The molecule has 1 amide bonds. The number of nitrogens with one attached hydrogen (secondary N) is 1. The van der Waals surface area contributed by atoms with Crippen molar-refractivity contribution in [3.63, 3.8) is 0 Å². The van der Waals surface area contributed by atoms with Crippen molar-refractivity contribution in [2.75, 3.05) is 13.7 Å². The first kappa shape index (κ1) is 17.9. The Morgan fingerprint density at radius 3 is 2.50 bits per heavy atom. The summed E-state index contributed by atoms with van der Waals surface area (Å²) in [5.41, 5.74) is 3.29. The van der Waals surface area contributed by atoms with E-state index in [4.69, 9.17) is 9.47 Å². The van der Waals surface area contributed by atoms with Gasteiger partial charge in [-0.3, -0.25) is 4.79 Å². The monoisotopic (exact) mass is 327 g/mol. The number of amides is 1. The summed E-state index contributed by atoms with van der Waals surface area (Å²) in [6.07, 6.45) is 0.243. The van der Waals surface area contributed by atoms with Crippen molar-refractivity contribution in [1.29, 1.82) is 0 Å². The molecule has 0 aliphatic heterocycles. The molecule has 0 heterocycles. The number of methoxy groups -OCH3 is 1. The molecule has 0 aromatic heterocycles. The van der Waals surface area contributed by atoms with Gasteiger partial charge in [0, 0.05) is 6.54 Å². The second kappa shape index (κ2) is 8.39. The number of ether oxygens (including phenoxy) is 2. The lowest BCUT2D eigenvalue weighted by atomic mass is 10.1. The van der Waals surface area contributed by atoms with Gasteiger partial charge in [-0.25, -0.2) is 0 Å². The van der Waals surface area contributed by atoms with E-state index in [1.807, 2.05) is 56.3 Å². The minimum Gasteiger partial charge on any atom is -0.497 e. The molecule has 2 aromatic carbocycles. The molecule has 0 aliphatic rings. The molecule has 0 saturated heterocycles. The van der Waals surface area contributed by atoms with Gasteiger partial charge in [0.15, 0.2) is 6.10 Å². The largest absolute Gasteiger partial charge is 0.497 e. The molecular formula is C20H25NO3. The van der Waals surface area contributed by atoms with Gasteiger partial charge in [-0.1, -0.05) is 24.3 Å². The van der Waals surface area contributed by atoms with E-state index in [9.17, 15) is 4.79 Å². The van der Waals surface area contributed by atoms with Gasteiger partial charge in [0.2, 0.25) is 0 Å². The molecule has 0 unspecified atom stereocenters. The van der Waals surface area contributed by atoms with Crippen molar-refractivity contribution in [3.05, 3.63) is 59.2 Å². The fraction of sp³-hybridized carbons (Fsp3) is 0.350. The van der Waals surface area contributed by atoms with Gasteiger partial charge in [-0.2, -0.15) is 0 Å². The first-order valence-electron chi connectivity index (χ1n) is 8.14. The van der Waals surface area contributed by atoms with E-state index in [1.54, 1.807) is 14.0 Å². The minimum absolute atomic E-state index is 0.107. The molecule has 0 bridgehead atoms. The van der Waals surface area contributed by atoms with Gasteiger partial charge in [0.05, 0.1) is 7.11 Å². The van der Waals surface area contributed by atoms with Gasteiger partial charge in [0.1, 0.15) is 11.5 Å². The van der Waals surface area contributed by atoms with Gasteiger partial charge in [-0.05, 0) is 62.1 Å². The molecule has 2 rings (SSSR count). The number of carbonyl (C=O) groups excluding carboxylic acids is 1. The number of hydrogen-bond donors (Lipinski definition) is 1. The van der Waals surface area contributed by atoms with Crippen LogP contribution in [0.5, 0.6) is 11.5 Å². The fourth-order valence-electron chi connectivity index (χ4n) is 2.34. The van der Waals surface area contributed by atoms with Crippen LogP contribution in [0.4, 0.5) is 0 Å². The third-order valence-corrected chi connectivity index (χ3v) is 3.89. The van der Waals surface area contributed by atoms with Crippen LogP contribution in [0, 0.1) is 13.8 Å². The number of benzene rings is 2. The Morgan fingerprint density at radius 2 is 1.83 bits per heavy atom. The third kappa shape index (κ3) is 5.01. The van der Waals surface area contributed by atoms with Crippen LogP contribution < -0.4 is 14.8 Å². The van der Waals surface area contributed by atoms with Crippen LogP contribution in [0.2, 0.25) is 0 Å². The zero-order valence-electron chi connectivity index (χ0n) is 14.8. The third-order valence-electron chi connectivity index (χ3n) is 3.89. The summed E-state index contributed by atoms with van der Waals surface area (Å²) in [6, 6.07) is 13.8. The molecule has 4 heteroatoms. The zero-order chi connectivity index (χ0) is 17.5. The van der Waals surface area contributed by atoms with Crippen LogP contribution >= 0.6 is 0 Å². The summed E-state index contributed by atoms with van der Waals surface area (Å²) in [5.74, 6) is 1.48. The summed E-state index contributed by atoms with van der Waals surface area (Å²) in [7, 11) is 1.65. The highest BCUT2D eigenvalue weighted by atomic mass is 16.5. The maximum Gasteiger partial charge on any atom is 0.260 e. The average Bonchev–Trinajstić information content (AvgIpc) is 2.58. The molecule has 0 radical (unpaired) electrons. The molecule has 1 N–H and O–H groups in total. The smallest absolute Gasteiger partial charge is 0.260 e. The summed E-state index contributed by atoms with van der Waals surface area (Å²) in [4.78, 5) is 12.2. The van der Waals surface area contributed by atoms with Crippen LogP contribution in [-0.4, -0.2) is 25.7 Å². The first-order valence-corrected chi connectivity index (χ1v) is 8.14. The van der Waals surface area contributed by atoms with E-state index >= 15 is 0 Å². The summed E-state index contributed by atoms with van der Waals surface area (Å²) < 4.78 is 10.9. The highest BCUT2D eigenvalue weighted by Gasteiger charge is 2.15. The Labute approximate surface area is 143 Å². The van der Waals surface area contributed by atoms with Crippen LogP contribution in [-0.2, 0) is 11.2 Å². The highest BCUT2D eigenvalue weighted by Crippen LogP contribution is 2.20. The molecule has 0 aliphatic carbocycles. The van der Waals surface area contributed by atoms with E-state index in [1.165, 1.54) is 0 Å². The van der Waals surface area contributed by atoms with Crippen molar-refractivity contribution in [2.24, 2.45) is 0 Å². The van der Waals surface area contributed by atoms with Gasteiger partial charge in [0.25, 0.3) is 5.91 Å². The number of carbonyl (C=O) groups is 1. The topological polar surface area (TPSA) is 47.6 Å². The molecule has 2 aromatic rings. The lowest BCUT2D eigenvalue weighted by molar-refractivity contribution is -0.127. The molecule has 24 heavy (non-hydrogen) atoms. The van der Waals surface area contributed by atoms with Crippen LogP contribution in [0.1, 0.15) is 23.6 Å². The second-order valence-corrected chi connectivity index (χ2v) is 5.92. The molecule has 0 fully saturated rings. The SMILES string of the molecule is COc1ccc(CCNC(=O)[C@H](C)Oc2cc(C)ccc2C)cc1. The quantitative estimate of drug-likeness (QED) is 0.847. The van der Waals surface area contributed by atoms with E-state index in [0.717, 1.165) is 34.6 Å². The minimum atomic E-state index is -0.527. The Bertz CT molecular complexity index is 680. The molecule has 0 saturated carbocycles. The molecule has 0 spiro atoms. The predicted octanol–water partition coefficient (Wildman–Crippen LogP) is 3.44. The lowest BCUT2D eigenvalue weighted by Crippen LogP contribution is -2.37. The molecule has 4 nitrogen and oxygen atoms in total. The average molecular weight is 327 g/mol. The fourth-order valence-corrected chi connectivity index (χ4v) is 2.34. The van der Waals surface area contributed by atoms with Gasteiger partial charge >= 0.3 is 0 Å². The highest BCUT2D eigenvalue weighted by molar-refractivity contribution is 5.80. The zero-order valence-corrected chi connectivity index (χ0v) is 14.8. The van der Waals surface area contributed by atoms with Crippen LogP contribution in [0.15, 0.2) is 42.5 Å². The normalized spacial score (nSPS) is 11.7. The predicted molar refractivity (Wildman–Crippen MR) is 95.7 cm³/mol. The summed E-state index contributed by atoms with van der Waals surface area (Å²) in [6.45, 7) is 6.32. The van der Waals surface area contributed by atoms with Crippen LogP contribution in [0.3, 0.4) is 0 Å². The van der Waals surface area contributed by atoms with Crippen molar-refractivity contribution < 1.29 is 14.3 Å². The lowest BCUT2D eigenvalue weighted by Gasteiger charge is -2.16. The van der Waals surface area contributed by atoms with Gasteiger partial charge in [-0.15, -0.1) is 0 Å². The molecule has 128 valence electrons. The van der Waals surface area contributed by atoms with E-state index in [2.05, 4.69) is 5.32 Å². The van der Waals surface area contributed by atoms with Crippen molar-refractivity contribution in [3.8, 4) is 11.5 Å². The number of rotatable bonds is 7. The number of aryl methyl sites for hydroxylation is 2. The Hall–Kier alpha value is -2.49. The van der Waals surface area contributed by atoms with E-state index in [0.29, 0.717) is 6.54 Å². The number of hydrogen-bond acceptors (Lipinski definition) is 3. The van der Waals surface area contributed by atoms with Crippen molar-refractivity contribution in [1.82, 2.24) is 5.32 Å². The van der Waals surface area contributed by atoms with Crippen LogP contribution in [0.25, 0.3) is 0 Å². The Morgan fingerprint density at radius 1 is 1.12 bits per heavy atom. The maximum atomic E-state index is 12.2. The first-order chi connectivity index (χ1) is 11.5. The molecule has 1 atom stereocenters. The summed E-state index contributed by atoms with van der Waals surface area (Å²) >= 11 is 0. The Kier molecular flexibility index (Phi) is 6.24. The van der Waals surface area contributed by atoms with E-state index < -0.39 is 6.10 Å². The van der Waals surface area contributed by atoms with E-state index in [-0.39, 0.29) is 5.91 Å². The van der Waals surface area contributed by atoms with Crippen molar-refractivity contribution in [2.45, 2.75) is 33.3 Å². The maximum absolute atomic E-state index is 12.2. The van der Waals surface area contributed by atoms with Crippen molar-refractivity contribution >= 4 is 5.91 Å². The standard InChI is InChI=1S/C20H25NO3/c1-14-5-6-15(2)19(13-14)24-16(3)20(22)21-12-11-17-7-9-18(23-4)10-8-17/h5-10,13,16H,11-12H2,1-4H3,(H,21,22)/t16-/m0/s1. The van der Waals surface area contributed by atoms with Gasteiger partial charge < -0.3 is 14.8 Å². The molecular weight excluding hydrogens is 302 g/mol. The summed E-state index contributed by atoms with van der Waals surface area (Å²) in [5, 5.41) is 2.92. The second-order valence-electron chi connectivity index (χ2n) is 5.92. The Balaban J connectivity index is 1.81.